The van der Waals surface area contributed by atoms with Crippen molar-refractivity contribution in [1.82, 2.24) is 4.98 Å². The molecule has 4 rings (SSSR count). The van der Waals surface area contributed by atoms with Gasteiger partial charge in [-0.2, -0.15) is 8.42 Å². The lowest BCUT2D eigenvalue weighted by molar-refractivity contribution is 0.485. The van der Waals surface area contributed by atoms with E-state index in [1.165, 1.54) is 18.2 Å². The van der Waals surface area contributed by atoms with Gasteiger partial charge in [-0.1, -0.05) is 40.9 Å². The Morgan fingerprint density at radius 3 is 2.41 bits per heavy atom. The fourth-order valence-electron chi connectivity index (χ4n) is 2.87. The molecule has 5 nitrogen and oxygen atoms in total. The summed E-state index contributed by atoms with van der Waals surface area (Å²) >= 11 is 11.9. The SMILES string of the molecule is Cc1ccc(OS(=O)(=O)c2ccc(Cl)cc2Cl)c(-c2nc3ccc(C)cc3o2)c1. The zero-order chi connectivity index (χ0) is 20.8. The van der Waals surface area contributed by atoms with Gasteiger partial charge in [-0.3, -0.25) is 0 Å². The summed E-state index contributed by atoms with van der Waals surface area (Å²) in [5.74, 6) is 0.353. The summed E-state index contributed by atoms with van der Waals surface area (Å²) in [5.41, 5.74) is 3.62. The number of hydrogen-bond acceptors (Lipinski definition) is 5. The minimum atomic E-state index is -4.20. The standard InChI is InChI=1S/C21H15Cl2NO4S/c1-12-4-7-18(28-29(25,26)20-8-5-14(22)11-16(20)23)15(9-12)21-24-17-6-3-13(2)10-19(17)27-21/h3-11H,1-2H3. The molecule has 0 aliphatic rings. The van der Waals surface area contributed by atoms with E-state index in [9.17, 15) is 8.42 Å². The zero-order valence-electron chi connectivity index (χ0n) is 15.4. The second-order valence-electron chi connectivity index (χ2n) is 6.60. The normalized spacial score (nSPS) is 11.7. The number of rotatable bonds is 4. The van der Waals surface area contributed by atoms with Gasteiger partial charge in [0.15, 0.2) is 11.3 Å². The van der Waals surface area contributed by atoms with E-state index in [-0.39, 0.29) is 21.6 Å². The van der Waals surface area contributed by atoms with Crippen LogP contribution >= 0.6 is 23.2 Å². The minimum absolute atomic E-state index is 0.0245. The molecule has 4 aromatic rings. The Bertz CT molecular complexity index is 1350. The predicted molar refractivity (Wildman–Crippen MR) is 113 cm³/mol. The quantitative estimate of drug-likeness (QED) is 0.349. The van der Waals surface area contributed by atoms with Gasteiger partial charge in [0.05, 0.1) is 10.6 Å². The molecule has 0 N–H and O–H groups in total. The lowest BCUT2D eigenvalue weighted by atomic mass is 10.1. The van der Waals surface area contributed by atoms with Crippen LogP contribution in [0.15, 0.2) is 63.9 Å². The first kappa shape index (κ1) is 19.8. The number of halogens is 2. The topological polar surface area (TPSA) is 69.4 Å². The van der Waals surface area contributed by atoms with Crippen molar-refractivity contribution in [3.8, 4) is 17.2 Å². The van der Waals surface area contributed by atoms with E-state index >= 15 is 0 Å². The van der Waals surface area contributed by atoms with Crippen molar-refractivity contribution < 1.29 is 17.0 Å². The number of oxazole rings is 1. The van der Waals surface area contributed by atoms with Crippen molar-refractivity contribution in [3.05, 3.63) is 75.8 Å². The molecule has 8 heteroatoms. The summed E-state index contributed by atoms with van der Waals surface area (Å²) in [6, 6.07) is 14.8. The van der Waals surface area contributed by atoms with Crippen LogP contribution in [0.2, 0.25) is 10.0 Å². The van der Waals surface area contributed by atoms with Gasteiger partial charge in [0, 0.05) is 5.02 Å². The maximum atomic E-state index is 12.8. The number of hydrogen-bond donors (Lipinski definition) is 0. The Kier molecular flexibility index (Phi) is 5.02. The Morgan fingerprint density at radius 2 is 1.66 bits per heavy atom. The molecule has 0 aliphatic heterocycles. The second-order valence-corrected chi connectivity index (χ2v) is 8.96. The highest BCUT2D eigenvalue weighted by molar-refractivity contribution is 7.87. The highest BCUT2D eigenvalue weighted by atomic mass is 35.5. The van der Waals surface area contributed by atoms with Crippen LogP contribution in [0.3, 0.4) is 0 Å². The largest absolute Gasteiger partial charge is 0.436 e. The Morgan fingerprint density at radius 1 is 0.931 bits per heavy atom. The van der Waals surface area contributed by atoms with Crippen LogP contribution in [0.5, 0.6) is 5.75 Å². The van der Waals surface area contributed by atoms with Crippen molar-refractivity contribution in [3.63, 3.8) is 0 Å². The molecule has 0 bridgehead atoms. The molecule has 1 aromatic heterocycles. The van der Waals surface area contributed by atoms with Crippen LogP contribution in [0.25, 0.3) is 22.6 Å². The highest BCUT2D eigenvalue weighted by Crippen LogP contribution is 2.35. The van der Waals surface area contributed by atoms with Gasteiger partial charge in [-0.25, -0.2) is 4.98 Å². The summed E-state index contributed by atoms with van der Waals surface area (Å²) < 4.78 is 36.9. The molecule has 0 aliphatic carbocycles. The van der Waals surface area contributed by atoms with Crippen LogP contribution in [-0.2, 0) is 10.1 Å². The molecular weight excluding hydrogens is 433 g/mol. The van der Waals surface area contributed by atoms with Crippen molar-refractivity contribution in [1.29, 1.82) is 0 Å². The van der Waals surface area contributed by atoms with Crippen molar-refractivity contribution >= 4 is 44.4 Å². The molecule has 0 fully saturated rings. The Balaban J connectivity index is 1.80. The number of aryl methyl sites for hydroxylation is 2. The monoisotopic (exact) mass is 447 g/mol. The molecule has 1 heterocycles. The van der Waals surface area contributed by atoms with E-state index in [0.717, 1.165) is 11.1 Å². The maximum Gasteiger partial charge on any atom is 0.340 e. The molecule has 0 spiro atoms. The summed E-state index contributed by atoms with van der Waals surface area (Å²) in [4.78, 5) is 4.30. The van der Waals surface area contributed by atoms with E-state index in [1.807, 2.05) is 32.0 Å². The third-order valence-electron chi connectivity index (χ3n) is 4.27. The van der Waals surface area contributed by atoms with Crippen LogP contribution < -0.4 is 4.18 Å². The third-order valence-corrected chi connectivity index (χ3v) is 6.23. The van der Waals surface area contributed by atoms with Gasteiger partial charge in [-0.15, -0.1) is 0 Å². The molecule has 0 saturated heterocycles. The summed E-state index contributed by atoms with van der Waals surface area (Å²) in [6.07, 6.45) is 0. The fourth-order valence-corrected chi connectivity index (χ4v) is 4.57. The number of benzene rings is 3. The molecule has 3 aromatic carbocycles. The molecule has 0 unspecified atom stereocenters. The third kappa shape index (κ3) is 3.96. The van der Waals surface area contributed by atoms with Gasteiger partial charge in [0.25, 0.3) is 0 Å². The highest BCUT2D eigenvalue weighted by Gasteiger charge is 2.24. The minimum Gasteiger partial charge on any atom is -0.436 e. The zero-order valence-corrected chi connectivity index (χ0v) is 17.8. The second kappa shape index (κ2) is 7.37. The van der Waals surface area contributed by atoms with E-state index in [0.29, 0.717) is 21.7 Å². The summed E-state index contributed by atoms with van der Waals surface area (Å²) in [7, 11) is -4.20. The van der Waals surface area contributed by atoms with Gasteiger partial charge < -0.3 is 8.60 Å². The van der Waals surface area contributed by atoms with Gasteiger partial charge >= 0.3 is 10.1 Å². The van der Waals surface area contributed by atoms with Crippen molar-refractivity contribution in [2.45, 2.75) is 18.7 Å². The summed E-state index contributed by atoms with van der Waals surface area (Å²) in [6.45, 7) is 3.83. The first-order chi connectivity index (χ1) is 13.7. The molecule has 29 heavy (non-hydrogen) atoms. The Hall–Kier alpha value is -2.54. The van der Waals surface area contributed by atoms with E-state index in [4.69, 9.17) is 31.8 Å². The molecule has 148 valence electrons. The van der Waals surface area contributed by atoms with Crippen molar-refractivity contribution in [2.75, 3.05) is 0 Å². The van der Waals surface area contributed by atoms with Crippen LogP contribution in [0, 0.1) is 13.8 Å². The van der Waals surface area contributed by atoms with Crippen LogP contribution in [-0.4, -0.2) is 13.4 Å². The smallest absolute Gasteiger partial charge is 0.340 e. The van der Waals surface area contributed by atoms with Gasteiger partial charge in [0.1, 0.15) is 10.4 Å². The Labute approximate surface area is 178 Å². The average Bonchev–Trinajstić information content (AvgIpc) is 3.05. The molecule has 0 amide bonds. The van der Waals surface area contributed by atoms with Gasteiger partial charge in [0.2, 0.25) is 5.89 Å². The van der Waals surface area contributed by atoms with E-state index in [1.54, 1.807) is 18.2 Å². The van der Waals surface area contributed by atoms with Crippen LogP contribution in [0.4, 0.5) is 0 Å². The van der Waals surface area contributed by atoms with Crippen LogP contribution in [0.1, 0.15) is 11.1 Å². The first-order valence-electron chi connectivity index (χ1n) is 8.61. The molecule has 0 radical (unpaired) electrons. The lowest BCUT2D eigenvalue weighted by Crippen LogP contribution is -2.11. The summed E-state index contributed by atoms with van der Waals surface area (Å²) in [5, 5.41) is 0.301. The van der Waals surface area contributed by atoms with E-state index < -0.39 is 10.1 Å². The molecule has 0 saturated carbocycles. The number of aromatic nitrogens is 1. The maximum absolute atomic E-state index is 12.8. The number of fused-ring (bicyclic) bond motifs is 1. The number of nitrogens with zero attached hydrogens (tertiary/aromatic N) is 1. The molecule has 0 atom stereocenters. The van der Waals surface area contributed by atoms with Gasteiger partial charge in [-0.05, 0) is 61.9 Å². The average molecular weight is 448 g/mol. The predicted octanol–water partition coefficient (Wildman–Crippen LogP) is 6.19. The first-order valence-corrected chi connectivity index (χ1v) is 10.8. The molecular formula is C21H15Cl2NO4S. The lowest BCUT2D eigenvalue weighted by Gasteiger charge is -2.11. The van der Waals surface area contributed by atoms with E-state index in [2.05, 4.69) is 4.98 Å². The fraction of sp³-hybridized carbons (Fsp3) is 0.0952. The van der Waals surface area contributed by atoms with Crippen molar-refractivity contribution in [2.24, 2.45) is 0 Å².